The summed E-state index contributed by atoms with van der Waals surface area (Å²) in [6.07, 6.45) is 1.32. The number of rotatable bonds is 6. The quantitative estimate of drug-likeness (QED) is 0.388. The lowest BCUT2D eigenvalue weighted by molar-refractivity contribution is -0.383. The van der Waals surface area contributed by atoms with E-state index in [4.69, 9.17) is 4.74 Å². The number of anilines is 1. The highest BCUT2D eigenvalue weighted by atomic mass is 32.1. The SMILES string of the molecule is O=C(COC(=O)c1sccc1-n1cnnn1)Nc1ccccc1[N+](=O)[O-]. The standard InChI is InChI=1S/C14H10N6O5S/c21-12(16-9-3-1-2-4-10(9)20(23)24)7-25-14(22)13-11(5-6-26-13)19-8-15-17-18-19/h1-6,8H,7H2,(H,16,21). The highest BCUT2D eigenvalue weighted by Gasteiger charge is 2.19. The lowest BCUT2D eigenvalue weighted by Gasteiger charge is -2.07. The molecule has 1 aromatic carbocycles. The minimum absolute atomic E-state index is 0.0176. The van der Waals surface area contributed by atoms with Crippen LogP contribution in [0.1, 0.15) is 9.67 Å². The summed E-state index contributed by atoms with van der Waals surface area (Å²) in [6, 6.07) is 7.29. The van der Waals surface area contributed by atoms with Gasteiger partial charge in [-0.25, -0.2) is 4.79 Å². The maximum atomic E-state index is 12.2. The van der Waals surface area contributed by atoms with E-state index in [-0.39, 0.29) is 16.3 Å². The molecular weight excluding hydrogens is 364 g/mol. The Bertz CT molecular complexity index is 954. The van der Waals surface area contributed by atoms with Crippen molar-refractivity contribution in [3.05, 3.63) is 57.0 Å². The number of hydrogen-bond donors (Lipinski definition) is 1. The molecule has 0 aliphatic heterocycles. The van der Waals surface area contributed by atoms with Gasteiger partial charge < -0.3 is 10.1 Å². The summed E-state index contributed by atoms with van der Waals surface area (Å²) < 4.78 is 6.26. The minimum Gasteiger partial charge on any atom is -0.451 e. The van der Waals surface area contributed by atoms with Crippen molar-refractivity contribution < 1.29 is 19.2 Å². The summed E-state index contributed by atoms with van der Waals surface area (Å²) in [4.78, 5) is 34.6. The zero-order valence-electron chi connectivity index (χ0n) is 12.9. The van der Waals surface area contributed by atoms with Crippen LogP contribution >= 0.6 is 11.3 Å². The molecule has 3 rings (SSSR count). The van der Waals surface area contributed by atoms with E-state index in [0.717, 1.165) is 11.3 Å². The Kier molecular flexibility index (Phi) is 4.94. The number of thiophene rings is 1. The average molecular weight is 374 g/mol. The molecule has 0 unspecified atom stereocenters. The molecule has 0 spiro atoms. The second-order valence-corrected chi connectivity index (χ2v) is 5.70. The molecule has 0 fully saturated rings. The van der Waals surface area contributed by atoms with E-state index in [9.17, 15) is 19.7 Å². The number of hydrogen-bond acceptors (Lipinski definition) is 9. The number of amides is 1. The van der Waals surface area contributed by atoms with Crippen LogP contribution in [0.5, 0.6) is 0 Å². The number of nitrogens with zero attached hydrogens (tertiary/aromatic N) is 5. The number of nitro benzene ring substituents is 1. The maximum Gasteiger partial charge on any atom is 0.351 e. The van der Waals surface area contributed by atoms with Gasteiger partial charge in [0.2, 0.25) is 0 Å². The van der Waals surface area contributed by atoms with Gasteiger partial charge in [0.15, 0.2) is 6.61 Å². The smallest absolute Gasteiger partial charge is 0.351 e. The number of nitrogens with one attached hydrogen (secondary N) is 1. The third kappa shape index (κ3) is 3.70. The molecule has 0 saturated carbocycles. The highest BCUT2D eigenvalue weighted by Crippen LogP contribution is 2.23. The van der Waals surface area contributed by atoms with Crippen LogP contribution in [0.25, 0.3) is 5.69 Å². The van der Waals surface area contributed by atoms with Gasteiger partial charge in [0.1, 0.15) is 16.9 Å². The largest absolute Gasteiger partial charge is 0.451 e. The Morgan fingerprint density at radius 2 is 2.12 bits per heavy atom. The van der Waals surface area contributed by atoms with E-state index in [0.29, 0.717) is 5.69 Å². The molecule has 0 atom stereocenters. The Labute approximate surface area is 149 Å². The Morgan fingerprint density at radius 3 is 2.85 bits per heavy atom. The summed E-state index contributed by atoms with van der Waals surface area (Å²) in [5.74, 6) is -1.43. The van der Waals surface area contributed by atoms with Crippen LogP contribution in [0, 0.1) is 10.1 Å². The van der Waals surface area contributed by atoms with Gasteiger partial charge >= 0.3 is 5.97 Å². The number of nitro groups is 1. The summed E-state index contributed by atoms with van der Waals surface area (Å²) in [6.45, 7) is -0.599. The van der Waals surface area contributed by atoms with Crippen LogP contribution in [-0.4, -0.2) is 43.6 Å². The molecule has 0 aliphatic rings. The van der Waals surface area contributed by atoms with Crippen molar-refractivity contribution in [2.45, 2.75) is 0 Å². The van der Waals surface area contributed by atoms with E-state index in [1.807, 2.05) is 0 Å². The number of aromatic nitrogens is 4. The van der Waals surface area contributed by atoms with Gasteiger partial charge in [-0.2, -0.15) is 4.68 Å². The number of para-hydroxylation sites is 2. The number of carbonyl (C=O) groups excluding carboxylic acids is 2. The van der Waals surface area contributed by atoms with Crippen molar-refractivity contribution in [2.75, 3.05) is 11.9 Å². The van der Waals surface area contributed by atoms with E-state index in [2.05, 4.69) is 20.8 Å². The van der Waals surface area contributed by atoms with Crippen molar-refractivity contribution in [1.82, 2.24) is 20.2 Å². The van der Waals surface area contributed by atoms with Crippen molar-refractivity contribution >= 4 is 34.6 Å². The van der Waals surface area contributed by atoms with E-state index in [1.165, 1.54) is 29.2 Å². The second kappa shape index (κ2) is 7.48. The minimum atomic E-state index is -0.733. The Morgan fingerprint density at radius 1 is 1.31 bits per heavy atom. The molecule has 12 heteroatoms. The molecule has 1 amide bonds. The first kappa shape index (κ1) is 17.2. The van der Waals surface area contributed by atoms with Gasteiger partial charge in [-0.05, 0) is 27.9 Å². The van der Waals surface area contributed by atoms with Gasteiger partial charge in [0.25, 0.3) is 11.6 Å². The first-order valence-corrected chi connectivity index (χ1v) is 7.95. The van der Waals surface area contributed by atoms with Crippen LogP contribution < -0.4 is 5.32 Å². The van der Waals surface area contributed by atoms with Crippen molar-refractivity contribution in [3.8, 4) is 5.69 Å². The number of benzene rings is 1. The lowest BCUT2D eigenvalue weighted by Crippen LogP contribution is -2.21. The fourth-order valence-electron chi connectivity index (χ4n) is 2.03. The van der Waals surface area contributed by atoms with Gasteiger partial charge in [-0.1, -0.05) is 12.1 Å². The van der Waals surface area contributed by atoms with Crippen molar-refractivity contribution in [2.24, 2.45) is 0 Å². The molecule has 11 nitrogen and oxygen atoms in total. The Balaban J connectivity index is 1.63. The van der Waals surface area contributed by atoms with Gasteiger partial charge in [-0.15, -0.1) is 16.4 Å². The van der Waals surface area contributed by atoms with E-state index < -0.39 is 23.4 Å². The molecule has 2 aromatic heterocycles. The van der Waals surface area contributed by atoms with Crippen molar-refractivity contribution in [3.63, 3.8) is 0 Å². The van der Waals surface area contributed by atoms with Gasteiger partial charge in [0.05, 0.1) is 10.6 Å². The average Bonchev–Trinajstić information content (AvgIpc) is 3.30. The molecule has 132 valence electrons. The summed E-state index contributed by atoms with van der Waals surface area (Å²) in [5.41, 5.74) is 0.180. The first-order chi connectivity index (χ1) is 12.6. The van der Waals surface area contributed by atoms with Crippen molar-refractivity contribution in [1.29, 1.82) is 0 Å². The molecule has 3 aromatic rings. The fourth-order valence-corrected chi connectivity index (χ4v) is 2.80. The van der Waals surface area contributed by atoms with Crippen LogP contribution in [0.2, 0.25) is 0 Å². The number of esters is 1. The zero-order valence-corrected chi connectivity index (χ0v) is 13.8. The monoisotopic (exact) mass is 374 g/mol. The summed E-state index contributed by atoms with van der Waals surface area (Å²) in [7, 11) is 0. The molecule has 2 heterocycles. The number of carbonyl (C=O) groups is 2. The highest BCUT2D eigenvalue weighted by molar-refractivity contribution is 7.12. The molecular formula is C14H10N6O5S. The first-order valence-electron chi connectivity index (χ1n) is 7.07. The van der Waals surface area contributed by atoms with Crippen LogP contribution in [0.4, 0.5) is 11.4 Å². The van der Waals surface area contributed by atoms with Crippen LogP contribution in [-0.2, 0) is 9.53 Å². The maximum absolute atomic E-state index is 12.2. The molecule has 26 heavy (non-hydrogen) atoms. The van der Waals surface area contributed by atoms with Gasteiger partial charge in [0, 0.05) is 6.07 Å². The molecule has 1 N–H and O–H groups in total. The fraction of sp³-hybridized carbons (Fsp3) is 0.0714. The summed E-state index contributed by atoms with van der Waals surface area (Å²) >= 11 is 1.11. The number of tetrazole rings is 1. The third-order valence-electron chi connectivity index (χ3n) is 3.13. The molecule has 0 bridgehead atoms. The number of ether oxygens (including phenoxy) is 1. The predicted octanol–water partition coefficient (Wildman–Crippen LogP) is 1.43. The Hall–Kier alpha value is -3.67. The third-order valence-corrected chi connectivity index (χ3v) is 4.02. The topological polar surface area (TPSA) is 142 Å². The van der Waals surface area contributed by atoms with Crippen LogP contribution in [0.15, 0.2) is 42.0 Å². The molecule has 0 radical (unpaired) electrons. The zero-order chi connectivity index (χ0) is 18.5. The second-order valence-electron chi connectivity index (χ2n) is 4.79. The van der Waals surface area contributed by atoms with E-state index >= 15 is 0 Å². The normalized spacial score (nSPS) is 10.3. The molecule has 0 saturated heterocycles. The van der Waals surface area contributed by atoms with Gasteiger partial charge in [-0.3, -0.25) is 14.9 Å². The lowest BCUT2D eigenvalue weighted by atomic mass is 10.2. The van der Waals surface area contributed by atoms with Crippen LogP contribution in [0.3, 0.4) is 0 Å². The summed E-state index contributed by atoms with van der Waals surface area (Å²) in [5, 5.41) is 25.6. The van der Waals surface area contributed by atoms with E-state index in [1.54, 1.807) is 17.5 Å². The molecule has 0 aliphatic carbocycles. The predicted molar refractivity (Wildman–Crippen MR) is 89.0 cm³/mol.